The second kappa shape index (κ2) is 5.86. The molecule has 0 aliphatic carbocycles. The first kappa shape index (κ1) is 11.3. The summed E-state index contributed by atoms with van der Waals surface area (Å²) in [7, 11) is 3.90. The van der Waals surface area contributed by atoms with Crippen molar-refractivity contribution in [1.82, 2.24) is 10.3 Å². The van der Waals surface area contributed by atoms with Crippen molar-refractivity contribution in [3.05, 3.63) is 42.5 Å². The quantitative estimate of drug-likeness (QED) is 0.813. The zero-order valence-corrected chi connectivity index (χ0v) is 9.44. The van der Waals surface area contributed by atoms with Gasteiger partial charge >= 0.3 is 0 Å². The lowest BCUT2D eigenvalue weighted by atomic mass is 10.2. The summed E-state index contributed by atoms with van der Waals surface area (Å²) in [5, 5.41) is 2.97. The first-order chi connectivity index (χ1) is 7.29. The van der Waals surface area contributed by atoms with Crippen LogP contribution in [0.1, 0.15) is 12.5 Å². The maximum absolute atomic E-state index is 4.11. The highest BCUT2D eigenvalue weighted by Gasteiger charge is 2.01. The van der Waals surface area contributed by atoms with Crippen LogP contribution in [0.2, 0.25) is 0 Å². The molecule has 3 nitrogen and oxygen atoms in total. The van der Waals surface area contributed by atoms with E-state index in [4.69, 9.17) is 0 Å². The lowest BCUT2D eigenvalue weighted by Gasteiger charge is -2.16. The fourth-order valence-corrected chi connectivity index (χ4v) is 1.33. The van der Waals surface area contributed by atoms with Crippen molar-refractivity contribution in [2.45, 2.75) is 6.92 Å². The Bertz CT molecular complexity index is 356. The third kappa shape index (κ3) is 3.13. The van der Waals surface area contributed by atoms with Crippen molar-refractivity contribution in [1.29, 1.82) is 0 Å². The number of allylic oxidation sites excluding steroid dienone is 1. The number of rotatable bonds is 4. The van der Waals surface area contributed by atoms with E-state index in [2.05, 4.69) is 15.2 Å². The topological polar surface area (TPSA) is 28.2 Å². The van der Waals surface area contributed by atoms with E-state index in [9.17, 15) is 0 Å². The van der Waals surface area contributed by atoms with Gasteiger partial charge in [0.25, 0.3) is 0 Å². The molecule has 0 spiro atoms. The van der Waals surface area contributed by atoms with E-state index >= 15 is 0 Å². The van der Waals surface area contributed by atoms with Crippen molar-refractivity contribution in [2.24, 2.45) is 0 Å². The van der Waals surface area contributed by atoms with Gasteiger partial charge in [-0.25, -0.2) is 0 Å². The molecule has 0 atom stereocenters. The molecule has 80 valence electrons. The summed E-state index contributed by atoms with van der Waals surface area (Å²) >= 11 is 0. The van der Waals surface area contributed by atoms with Gasteiger partial charge in [0.1, 0.15) is 0 Å². The molecule has 0 bridgehead atoms. The molecule has 0 radical (unpaired) electrons. The number of nitrogens with one attached hydrogen (secondary N) is 1. The van der Waals surface area contributed by atoms with Crippen LogP contribution < -0.4 is 10.2 Å². The average molecular weight is 203 g/mol. The molecule has 0 fully saturated rings. The van der Waals surface area contributed by atoms with Crippen LogP contribution in [0.15, 0.2) is 36.9 Å². The molecular formula is C12H17N3. The minimum atomic E-state index is 1.09. The fourth-order valence-electron chi connectivity index (χ4n) is 1.33. The zero-order valence-electron chi connectivity index (χ0n) is 9.44. The second-order valence-electron chi connectivity index (χ2n) is 3.15. The Morgan fingerprint density at radius 2 is 2.27 bits per heavy atom. The van der Waals surface area contributed by atoms with Gasteiger partial charge < -0.3 is 10.2 Å². The van der Waals surface area contributed by atoms with Gasteiger partial charge in [0.05, 0.1) is 5.69 Å². The SMILES string of the molecule is C/C=C/N(C)c1ccncc1/C=C/NC. The summed E-state index contributed by atoms with van der Waals surface area (Å²) in [5.41, 5.74) is 2.22. The average Bonchev–Trinajstić information content (AvgIpc) is 2.27. The molecule has 15 heavy (non-hydrogen) atoms. The van der Waals surface area contributed by atoms with Crippen LogP contribution >= 0.6 is 0 Å². The number of hydrogen-bond donors (Lipinski definition) is 1. The van der Waals surface area contributed by atoms with E-state index in [-0.39, 0.29) is 0 Å². The van der Waals surface area contributed by atoms with Crippen LogP contribution in [0.5, 0.6) is 0 Å². The summed E-state index contributed by atoms with van der Waals surface area (Å²) in [6.45, 7) is 2.00. The van der Waals surface area contributed by atoms with Gasteiger partial charge in [-0.15, -0.1) is 0 Å². The Balaban J connectivity index is 3.00. The summed E-state index contributed by atoms with van der Waals surface area (Å²) in [4.78, 5) is 6.18. The summed E-state index contributed by atoms with van der Waals surface area (Å²) in [5.74, 6) is 0. The molecule has 0 aromatic carbocycles. The Kier molecular flexibility index (Phi) is 4.41. The third-order valence-corrected chi connectivity index (χ3v) is 2.01. The predicted molar refractivity (Wildman–Crippen MR) is 65.5 cm³/mol. The summed E-state index contributed by atoms with van der Waals surface area (Å²) in [6, 6.07) is 2.00. The van der Waals surface area contributed by atoms with Crippen LogP contribution in [0.3, 0.4) is 0 Å². The van der Waals surface area contributed by atoms with Crippen molar-refractivity contribution in [3.8, 4) is 0 Å². The number of anilines is 1. The first-order valence-electron chi connectivity index (χ1n) is 4.93. The van der Waals surface area contributed by atoms with Gasteiger partial charge in [-0.3, -0.25) is 4.98 Å². The molecule has 0 amide bonds. The van der Waals surface area contributed by atoms with E-state index in [1.54, 1.807) is 6.20 Å². The Labute approximate surface area is 91.1 Å². The van der Waals surface area contributed by atoms with E-state index < -0.39 is 0 Å². The Hall–Kier alpha value is -1.77. The van der Waals surface area contributed by atoms with Gasteiger partial charge in [-0.2, -0.15) is 0 Å². The summed E-state index contributed by atoms with van der Waals surface area (Å²) in [6.07, 6.45) is 11.6. The van der Waals surface area contributed by atoms with Crippen LogP contribution in [-0.2, 0) is 0 Å². The smallest absolute Gasteiger partial charge is 0.0508 e. The van der Waals surface area contributed by atoms with Gasteiger partial charge in [-0.05, 0) is 31.5 Å². The standard InChI is InChI=1S/C12H17N3/c1-4-9-15(3)12-6-8-14-10-11(12)5-7-13-2/h4-10,13H,1-3H3/b7-5+,9-4+. The molecule has 1 aromatic rings. The molecule has 0 saturated carbocycles. The highest BCUT2D eigenvalue weighted by molar-refractivity contribution is 5.67. The number of pyridine rings is 1. The molecule has 0 aliphatic rings. The number of nitrogens with zero attached hydrogens (tertiary/aromatic N) is 2. The van der Waals surface area contributed by atoms with E-state index in [0.29, 0.717) is 0 Å². The lowest BCUT2D eigenvalue weighted by molar-refractivity contribution is 1.11. The third-order valence-electron chi connectivity index (χ3n) is 2.01. The molecule has 1 aromatic heterocycles. The summed E-state index contributed by atoms with van der Waals surface area (Å²) < 4.78 is 0. The highest BCUT2D eigenvalue weighted by Crippen LogP contribution is 2.19. The van der Waals surface area contributed by atoms with Crippen LogP contribution in [0, 0.1) is 0 Å². The van der Waals surface area contributed by atoms with Crippen molar-refractivity contribution in [3.63, 3.8) is 0 Å². The van der Waals surface area contributed by atoms with Crippen LogP contribution in [0.4, 0.5) is 5.69 Å². The fraction of sp³-hybridized carbons (Fsp3) is 0.250. The molecule has 0 saturated heterocycles. The maximum Gasteiger partial charge on any atom is 0.0508 e. The molecule has 1 rings (SSSR count). The highest BCUT2D eigenvalue weighted by atomic mass is 15.1. The first-order valence-corrected chi connectivity index (χ1v) is 4.93. The Morgan fingerprint density at radius 3 is 2.93 bits per heavy atom. The Morgan fingerprint density at radius 1 is 1.47 bits per heavy atom. The predicted octanol–water partition coefficient (Wildman–Crippen LogP) is 2.24. The molecule has 1 N–H and O–H groups in total. The maximum atomic E-state index is 4.11. The molecule has 1 heterocycles. The normalized spacial score (nSPS) is 11.1. The zero-order chi connectivity index (χ0) is 11.1. The largest absolute Gasteiger partial charge is 0.394 e. The van der Waals surface area contributed by atoms with Gasteiger partial charge in [-0.1, -0.05) is 6.08 Å². The molecule has 3 heteroatoms. The minimum absolute atomic E-state index is 1.09. The number of aromatic nitrogens is 1. The van der Waals surface area contributed by atoms with Crippen molar-refractivity contribution in [2.75, 3.05) is 19.0 Å². The second-order valence-corrected chi connectivity index (χ2v) is 3.15. The van der Waals surface area contributed by atoms with Crippen LogP contribution in [-0.4, -0.2) is 19.1 Å². The van der Waals surface area contributed by atoms with Crippen LogP contribution in [0.25, 0.3) is 6.08 Å². The van der Waals surface area contributed by atoms with Gasteiger partial charge in [0, 0.05) is 32.1 Å². The van der Waals surface area contributed by atoms with Crippen molar-refractivity contribution < 1.29 is 0 Å². The lowest BCUT2D eigenvalue weighted by Crippen LogP contribution is -2.09. The van der Waals surface area contributed by atoms with Gasteiger partial charge in [0.15, 0.2) is 0 Å². The number of hydrogen-bond acceptors (Lipinski definition) is 3. The van der Waals surface area contributed by atoms with Gasteiger partial charge in [0.2, 0.25) is 0 Å². The van der Waals surface area contributed by atoms with Crippen molar-refractivity contribution >= 4 is 11.8 Å². The van der Waals surface area contributed by atoms with E-state index in [0.717, 1.165) is 11.3 Å². The van der Waals surface area contributed by atoms with E-state index in [1.807, 2.05) is 57.8 Å². The van der Waals surface area contributed by atoms with E-state index in [1.165, 1.54) is 0 Å². The monoisotopic (exact) mass is 203 g/mol. The molecule has 0 unspecified atom stereocenters. The molecule has 0 aliphatic heterocycles. The minimum Gasteiger partial charge on any atom is -0.394 e. The molecular weight excluding hydrogens is 186 g/mol.